The summed E-state index contributed by atoms with van der Waals surface area (Å²) < 4.78 is 5.14. The average molecular weight is 184 g/mol. The molecule has 0 amide bonds. The Balaban J connectivity index is 4.24. The Morgan fingerprint density at radius 3 is 2.08 bits per heavy atom. The molecule has 0 fully saturated rings. The minimum absolute atomic E-state index is 0.251. The molecule has 2 heteroatoms. The third-order valence-corrected chi connectivity index (χ3v) is 1.66. The number of allylic oxidation sites excluding steroid dienone is 1. The molecule has 13 heavy (non-hydrogen) atoms. The number of carbonyl (C=O) groups is 1. The fraction of sp³-hybridized carbons (Fsp3) is 0.727. The van der Waals surface area contributed by atoms with Gasteiger partial charge in [-0.2, -0.15) is 0 Å². The van der Waals surface area contributed by atoms with Crippen LogP contribution in [0, 0.1) is 5.92 Å². The molecular formula is C11H20O2. The van der Waals surface area contributed by atoms with Crippen molar-refractivity contribution in [3.05, 3.63) is 11.6 Å². The summed E-state index contributed by atoms with van der Waals surface area (Å²) in [4.78, 5) is 11.3. The number of esters is 1. The Morgan fingerprint density at radius 1 is 1.31 bits per heavy atom. The van der Waals surface area contributed by atoms with Crippen molar-refractivity contribution in [1.82, 2.24) is 0 Å². The molecule has 0 saturated heterocycles. The quantitative estimate of drug-likeness (QED) is 0.487. The average Bonchev–Trinajstić information content (AvgIpc) is 1.81. The smallest absolute Gasteiger partial charge is 0.331 e. The highest BCUT2D eigenvalue weighted by atomic mass is 16.6. The fourth-order valence-electron chi connectivity index (χ4n) is 0.684. The van der Waals surface area contributed by atoms with Gasteiger partial charge in [-0.1, -0.05) is 19.4 Å². The maximum Gasteiger partial charge on any atom is 0.331 e. The van der Waals surface area contributed by atoms with Crippen LogP contribution in [0.1, 0.15) is 41.5 Å². The maximum absolute atomic E-state index is 11.3. The molecule has 0 atom stereocenters. The van der Waals surface area contributed by atoms with Crippen LogP contribution in [0.4, 0.5) is 0 Å². The molecule has 0 spiro atoms. The van der Waals surface area contributed by atoms with Crippen LogP contribution >= 0.6 is 0 Å². The maximum atomic E-state index is 11.3. The highest BCUT2D eigenvalue weighted by Gasteiger charge is 2.14. The lowest BCUT2D eigenvalue weighted by Crippen LogP contribution is -2.22. The molecule has 0 rings (SSSR count). The zero-order valence-electron chi connectivity index (χ0n) is 9.47. The first-order valence-electron chi connectivity index (χ1n) is 4.63. The Labute approximate surface area is 81.0 Å². The van der Waals surface area contributed by atoms with Gasteiger partial charge in [0.2, 0.25) is 0 Å². The van der Waals surface area contributed by atoms with Gasteiger partial charge < -0.3 is 4.74 Å². The molecule has 0 aromatic heterocycles. The second kappa shape index (κ2) is 4.45. The van der Waals surface area contributed by atoms with Gasteiger partial charge in [0.05, 0.1) is 0 Å². The van der Waals surface area contributed by atoms with E-state index in [2.05, 4.69) is 13.8 Å². The number of rotatable bonds is 2. The van der Waals surface area contributed by atoms with E-state index in [9.17, 15) is 4.79 Å². The predicted molar refractivity (Wildman–Crippen MR) is 54.4 cm³/mol. The molecule has 0 N–H and O–H groups in total. The first-order chi connectivity index (χ1) is 5.72. The van der Waals surface area contributed by atoms with E-state index in [0.29, 0.717) is 5.92 Å². The number of carbonyl (C=O) groups excluding carboxylic acids is 1. The van der Waals surface area contributed by atoms with Crippen molar-refractivity contribution in [2.45, 2.75) is 47.1 Å². The molecule has 0 bridgehead atoms. The van der Waals surface area contributed by atoms with Gasteiger partial charge in [-0.15, -0.1) is 0 Å². The summed E-state index contributed by atoms with van der Waals surface area (Å²) in [5.41, 5.74) is 0.652. The van der Waals surface area contributed by atoms with Gasteiger partial charge in [0.1, 0.15) is 5.60 Å². The minimum Gasteiger partial charge on any atom is -0.457 e. The summed E-state index contributed by atoms with van der Waals surface area (Å²) in [7, 11) is 0. The summed E-state index contributed by atoms with van der Waals surface area (Å²) in [5.74, 6) is 0.145. The molecule has 0 heterocycles. The summed E-state index contributed by atoms with van der Waals surface area (Å²) in [5, 5.41) is 0. The van der Waals surface area contributed by atoms with Crippen molar-refractivity contribution in [3.8, 4) is 0 Å². The Bertz CT molecular complexity index is 207. The molecule has 76 valence electrons. The summed E-state index contributed by atoms with van der Waals surface area (Å²) in [6.45, 7) is 11.6. The van der Waals surface area contributed by atoms with Gasteiger partial charge in [-0.3, -0.25) is 0 Å². The van der Waals surface area contributed by atoms with E-state index in [1.165, 1.54) is 0 Å². The van der Waals surface area contributed by atoms with E-state index in [4.69, 9.17) is 4.74 Å². The number of hydrogen-bond donors (Lipinski definition) is 0. The molecule has 0 aromatic rings. The van der Waals surface area contributed by atoms with Gasteiger partial charge in [0.25, 0.3) is 0 Å². The second-order valence-corrected chi connectivity index (χ2v) is 4.58. The normalized spacial score (nSPS) is 13.3. The third kappa shape index (κ3) is 6.38. The molecule has 0 saturated carbocycles. The van der Waals surface area contributed by atoms with Gasteiger partial charge in [0, 0.05) is 6.08 Å². The van der Waals surface area contributed by atoms with Crippen molar-refractivity contribution in [2.24, 2.45) is 5.92 Å². The van der Waals surface area contributed by atoms with E-state index < -0.39 is 5.60 Å². The molecular weight excluding hydrogens is 164 g/mol. The lowest BCUT2D eigenvalue weighted by Gasteiger charge is -2.18. The van der Waals surface area contributed by atoms with Crippen LogP contribution in [0.2, 0.25) is 0 Å². The predicted octanol–water partition coefficient (Wildman–Crippen LogP) is 2.93. The summed E-state index contributed by atoms with van der Waals surface area (Å²) >= 11 is 0. The molecule has 0 radical (unpaired) electrons. The van der Waals surface area contributed by atoms with Crippen LogP contribution in [-0.4, -0.2) is 11.6 Å². The highest BCUT2D eigenvalue weighted by Crippen LogP contribution is 2.11. The summed E-state index contributed by atoms with van der Waals surface area (Å²) in [6.07, 6.45) is 1.57. The van der Waals surface area contributed by atoms with Crippen LogP contribution in [-0.2, 0) is 9.53 Å². The van der Waals surface area contributed by atoms with Crippen molar-refractivity contribution < 1.29 is 9.53 Å². The Hall–Kier alpha value is -0.790. The van der Waals surface area contributed by atoms with E-state index in [-0.39, 0.29) is 5.97 Å². The molecule has 0 aliphatic carbocycles. The Morgan fingerprint density at radius 2 is 1.77 bits per heavy atom. The molecule has 0 aromatic carbocycles. The standard InChI is InChI=1S/C11H20O2/c1-8(2)9(3)7-10(12)13-11(4,5)6/h7-8H,1-6H3. The first-order valence-corrected chi connectivity index (χ1v) is 4.63. The van der Waals surface area contributed by atoms with E-state index in [1.807, 2.05) is 27.7 Å². The second-order valence-electron chi connectivity index (χ2n) is 4.58. The van der Waals surface area contributed by atoms with Crippen LogP contribution in [0.5, 0.6) is 0 Å². The van der Waals surface area contributed by atoms with E-state index in [0.717, 1.165) is 5.57 Å². The van der Waals surface area contributed by atoms with E-state index in [1.54, 1.807) is 6.08 Å². The van der Waals surface area contributed by atoms with E-state index >= 15 is 0 Å². The topological polar surface area (TPSA) is 26.3 Å². The monoisotopic (exact) mass is 184 g/mol. The fourth-order valence-corrected chi connectivity index (χ4v) is 0.684. The molecule has 2 nitrogen and oxygen atoms in total. The minimum atomic E-state index is -0.398. The zero-order valence-corrected chi connectivity index (χ0v) is 9.47. The molecule has 0 unspecified atom stereocenters. The van der Waals surface area contributed by atoms with Crippen molar-refractivity contribution >= 4 is 5.97 Å². The van der Waals surface area contributed by atoms with Crippen molar-refractivity contribution in [2.75, 3.05) is 0 Å². The largest absolute Gasteiger partial charge is 0.457 e. The summed E-state index contributed by atoms with van der Waals surface area (Å²) in [6, 6.07) is 0. The first kappa shape index (κ1) is 12.2. The van der Waals surface area contributed by atoms with Crippen LogP contribution < -0.4 is 0 Å². The lowest BCUT2D eigenvalue weighted by molar-refractivity contribution is -0.148. The van der Waals surface area contributed by atoms with Crippen molar-refractivity contribution in [1.29, 1.82) is 0 Å². The molecule has 0 aliphatic rings. The number of ether oxygens (including phenoxy) is 1. The van der Waals surface area contributed by atoms with Gasteiger partial charge in [-0.25, -0.2) is 4.79 Å². The lowest BCUT2D eigenvalue weighted by atomic mass is 10.1. The van der Waals surface area contributed by atoms with Crippen molar-refractivity contribution in [3.63, 3.8) is 0 Å². The van der Waals surface area contributed by atoms with Gasteiger partial charge in [0.15, 0.2) is 0 Å². The third-order valence-electron chi connectivity index (χ3n) is 1.66. The highest BCUT2D eigenvalue weighted by molar-refractivity contribution is 5.83. The van der Waals surface area contributed by atoms with Crippen LogP contribution in [0.25, 0.3) is 0 Å². The van der Waals surface area contributed by atoms with Gasteiger partial charge >= 0.3 is 5.97 Å². The Kier molecular flexibility index (Phi) is 4.18. The zero-order chi connectivity index (χ0) is 10.6. The molecule has 0 aliphatic heterocycles. The SMILES string of the molecule is CC(=CC(=O)OC(C)(C)C)C(C)C. The van der Waals surface area contributed by atoms with Gasteiger partial charge in [-0.05, 0) is 33.6 Å². The number of hydrogen-bond acceptors (Lipinski definition) is 2. The van der Waals surface area contributed by atoms with Crippen LogP contribution in [0.15, 0.2) is 11.6 Å². The van der Waals surface area contributed by atoms with Crippen LogP contribution in [0.3, 0.4) is 0 Å².